The normalized spacial score (nSPS) is 23.8. The average molecular weight is 252 g/mol. The van der Waals surface area contributed by atoms with Gasteiger partial charge in [-0.1, -0.05) is 0 Å². The van der Waals surface area contributed by atoms with E-state index in [-0.39, 0.29) is 17.6 Å². The lowest BCUT2D eigenvalue weighted by Crippen LogP contribution is -2.57. The van der Waals surface area contributed by atoms with E-state index in [4.69, 9.17) is 10.5 Å². The molecule has 0 aliphatic carbocycles. The van der Waals surface area contributed by atoms with E-state index >= 15 is 0 Å². The minimum absolute atomic E-state index is 0.00634. The van der Waals surface area contributed by atoms with E-state index in [1.807, 2.05) is 17.9 Å². The Balaban J connectivity index is 2.30. The van der Waals surface area contributed by atoms with Crippen LogP contribution in [-0.2, 0) is 11.8 Å². The fourth-order valence-electron chi connectivity index (χ4n) is 2.75. The van der Waals surface area contributed by atoms with Crippen molar-refractivity contribution in [3.63, 3.8) is 0 Å². The Hall–Kier alpha value is -0.910. The van der Waals surface area contributed by atoms with Gasteiger partial charge in [0.25, 0.3) is 0 Å². The fraction of sp³-hybridized carbons (Fsp3) is 0.769. The Labute approximate surface area is 109 Å². The molecule has 102 valence electrons. The van der Waals surface area contributed by atoms with Crippen molar-refractivity contribution in [2.75, 3.05) is 19.8 Å². The first-order chi connectivity index (χ1) is 8.42. The van der Waals surface area contributed by atoms with Crippen molar-refractivity contribution in [1.82, 2.24) is 14.7 Å². The van der Waals surface area contributed by atoms with Crippen LogP contribution >= 0.6 is 0 Å². The molecular formula is C13H24N4O. The van der Waals surface area contributed by atoms with E-state index in [1.165, 1.54) is 5.56 Å². The van der Waals surface area contributed by atoms with Gasteiger partial charge in [0.1, 0.15) is 0 Å². The van der Waals surface area contributed by atoms with Gasteiger partial charge in [-0.05, 0) is 20.8 Å². The number of aryl methyl sites for hydroxylation is 1. The topological polar surface area (TPSA) is 56.3 Å². The van der Waals surface area contributed by atoms with Crippen LogP contribution in [0.25, 0.3) is 0 Å². The highest BCUT2D eigenvalue weighted by Crippen LogP contribution is 2.32. The van der Waals surface area contributed by atoms with Gasteiger partial charge in [-0.2, -0.15) is 5.10 Å². The predicted octanol–water partition coefficient (Wildman–Crippen LogP) is 0.919. The number of rotatable bonds is 3. The first-order valence-corrected chi connectivity index (χ1v) is 6.50. The van der Waals surface area contributed by atoms with Crippen LogP contribution in [-0.4, -0.2) is 46.0 Å². The van der Waals surface area contributed by atoms with E-state index in [1.54, 1.807) is 0 Å². The van der Waals surface area contributed by atoms with Crippen LogP contribution in [0.4, 0.5) is 0 Å². The van der Waals surface area contributed by atoms with Crippen molar-refractivity contribution in [2.24, 2.45) is 12.8 Å². The molecule has 0 radical (unpaired) electrons. The predicted molar refractivity (Wildman–Crippen MR) is 71.2 cm³/mol. The lowest BCUT2D eigenvalue weighted by atomic mass is 9.93. The molecule has 5 nitrogen and oxygen atoms in total. The summed E-state index contributed by atoms with van der Waals surface area (Å²) in [4.78, 5) is 2.44. The van der Waals surface area contributed by atoms with Crippen molar-refractivity contribution in [1.29, 1.82) is 0 Å². The average Bonchev–Trinajstić information content (AvgIpc) is 2.67. The van der Waals surface area contributed by atoms with Gasteiger partial charge in [-0.15, -0.1) is 0 Å². The van der Waals surface area contributed by atoms with Crippen molar-refractivity contribution >= 4 is 0 Å². The van der Waals surface area contributed by atoms with Crippen LogP contribution in [0.15, 0.2) is 12.4 Å². The molecule has 2 heterocycles. The largest absolute Gasteiger partial charge is 0.378 e. The molecule has 2 N–H and O–H groups in total. The van der Waals surface area contributed by atoms with Crippen LogP contribution < -0.4 is 5.73 Å². The third kappa shape index (κ3) is 2.58. The molecular weight excluding hydrogens is 228 g/mol. The quantitative estimate of drug-likeness (QED) is 0.869. The highest BCUT2D eigenvalue weighted by molar-refractivity contribution is 5.14. The minimum Gasteiger partial charge on any atom is -0.378 e. The van der Waals surface area contributed by atoms with Gasteiger partial charge >= 0.3 is 0 Å². The van der Waals surface area contributed by atoms with Crippen LogP contribution in [0.2, 0.25) is 0 Å². The summed E-state index contributed by atoms with van der Waals surface area (Å²) in [6.07, 6.45) is 3.97. The first kappa shape index (κ1) is 13.5. The lowest BCUT2D eigenvalue weighted by molar-refractivity contribution is -0.0766. The molecule has 0 saturated carbocycles. The third-order valence-electron chi connectivity index (χ3n) is 3.61. The molecule has 1 fully saturated rings. The van der Waals surface area contributed by atoms with Crippen LogP contribution in [0, 0.1) is 0 Å². The maximum Gasteiger partial charge on any atom is 0.0645 e. The number of morpholine rings is 1. The van der Waals surface area contributed by atoms with Crippen LogP contribution in [0.1, 0.15) is 32.4 Å². The third-order valence-corrected chi connectivity index (χ3v) is 3.61. The smallest absolute Gasteiger partial charge is 0.0645 e. The molecule has 1 aliphatic heterocycles. The zero-order chi connectivity index (χ0) is 13.3. The molecule has 0 spiro atoms. The monoisotopic (exact) mass is 252 g/mol. The number of nitrogens with two attached hydrogens (primary N) is 1. The van der Waals surface area contributed by atoms with Gasteiger partial charge in [0, 0.05) is 36.9 Å². The number of hydrogen-bond donors (Lipinski definition) is 1. The molecule has 0 bridgehead atoms. The van der Waals surface area contributed by atoms with Crippen molar-refractivity contribution < 1.29 is 4.74 Å². The Bertz CT molecular complexity index is 399. The molecule has 0 aromatic carbocycles. The Morgan fingerprint density at radius 2 is 2.22 bits per heavy atom. The standard InChI is InChI=1S/C13H24N4O/c1-10(14)12(11-7-15-16(4)8-11)17-5-6-18-9-13(17,2)3/h7-8,10,12H,5-6,9,14H2,1-4H3. The van der Waals surface area contributed by atoms with Crippen molar-refractivity contribution in [2.45, 2.75) is 38.4 Å². The first-order valence-electron chi connectivity index (χ1n) is 6.50. The summed E-state index contributed by atoms with van der Waals surface area (Å²) < 4.78 is 7.41. The van der Waals surface area contributed by atoms with E-state index in [2.05, 4.69) is 37.0 Å². The molecule has 1 aromatic rings. The molecule has 2 unspecified atom stereocenters. The SMILES string of the molecule is CC(N)C(c1cnn(C)c1)N1CCOCC1(C)C. The fourth-order valence-corrected chi connectivity index (χ4v) is 2.75. The Morgan fingerprint density at radius 1 is 1.50 bits per heavy atom. The molecule has 1 aliphatic rings. The van der Waals surface area contributed by atoms with Gasteiger partial charge in [-0.25, -0.2) is 0 Å². The second-order valence-electron chi connectivity index (χ2n) is 5.81. The van der Waals surface area contributed by atoms with E-state index in [0.29, 0.717) is 0 Å². The van der Waals surface area contributed by atoms with Crippen LogP contribution in [0.5, 0.6) is 0 Å². The van der Waals surface area contributed by atoms with Gasteiger partial charge in [-0.3, -0.25) is 9.58 Å². The second kappa shape index (κ2) is 4.99. The summed E-state index contributed by atoms with van der Waals surface area (Å²) in [6.45, 7) is 8.90. The Morgan fingerprint density at radius 3 is 2.72 bits per heavy atom. The van der Waals surface area contributed by atoms with Crippen molar-refractivity contribution in [3.05, 3.63) is 18.0 Å². The molecule has 18 heavy (non-hydrogen) atoms. The highest BCUT2D eigenvalue weighted by atomic mass is 16.5. The number of nitrogens with zero attached hydrogens (tertiary/aromatic N) is 3. The van der Waals surface area contributed by atoms with E-state index in [9.17, 15) is 0 Å². The summed E-state index contributed by atoms with van der Waals surface area (Å²) >= 11 is 0. The maximum absolute atomic E-state index is 6.21. The van der Waals surface area contributed by atoms with Gasteiger partial charge in [0.05, 0.1) is 25.5 Å². The molecule has 5 heteroatoms. The van der Waals surface area contributed by atoms with E-state index < -0.39 is 0 Å². The van der Waals surface area contributed by atoms with Gasteiger partial charge in [0.2, 0.25) is 0 Å². The number of aromatic nitrogens is 2. The Kier molecular flexibility index (Phi) is 3.75. The zero-order valence-electron chi connectivity index (χ0n) is 11.8. The van der Waals surface area contributed by atoms with Crippen LogP contribution in [0.3, 0.4) is 0 Å². The molecule has 2 rings (SSSR count). The second-order valence-corrected chi connectivity index (χ2v) is 5.81. The summed E-state index contributed by atoms with van der Waals surface area (Å²) in [5.74, 6) is 0. The molecule has 0 amide bonds. The molecule has 1 saturated heterocycles. The minimum atomic E-state index is 0.00634. The summed E-state index contributed by atoms with van der Waals surface area (Å²) in [7, 11) is 1.94. The maximum atomic E-state index is 6.21. The molecule has 2 atom stereocenters. The summed E-state index contributed by atoms with van der Waals surface area (Å²) in [5, 5.41) is 4.27. The summed E-state index contributed by atoms with van der Waals surface area (Å²) in [6, 6.07) is 0.254. The number of hydrogen-bond acceptors (Lipinski definition) is 4. The van der Waals surface area contributed by atoms with E-state index in [0.717, 1.165) is 19.8 Å². The van der Waals surface area contributed by atoms with Gasteiger partial charge in [0.15, 0.2) is 0 Å². The molecule has 1 aromatic heterocycles. The number of ether oxygens (including phenoxy) is 1. The summed E-state index contributed by atoms with van der Waals surface area (Å²) in [5.41, 5.74) is 7.40. The van der Waals surface area contributed by atoms with Gasteiger partial charge < -0.3 is 10.5 Å². The lowest BCUT2D eigenvalue weighted by Gasteiger charge is -2.47. The zero-order valence-corrected chi connectivity index (χ0v) is 11.8. The van der Waals surface area contributed by atoms with Crippen molar-refractivity contribution in [3.8, 4) is 0 Å². The highest BCUT2D eigenvalue weighted by Gasteiger charge is 2.38.